The van der Waals surface area contributed by atoms with Crippen molar-refractivity contribution in [1.82, 2.24) is 0 Å². The van der Waals surface area contributed by atoms with Gasteiger partial charge in [0, 0.05) is 30.3 Å². The molecule has 2 amide bonds. The highest BCUT2D eigenvalue weighted by Crippen LogP contribution is 2.25. The fourth-order valence-corrected chi connectivity index (χ4v) is 2.12. The third kappa shape index (κ3) is 3.57. The second-order valence-electron chi connectivity index (χ2n) is 5.58. The molecule has 2 rings (SSSR count). The monoisotopic (exact) mass is 275 g/mol. The van der Waals surface area contributed by atoms with Crippen LogP contribution in [0.1, 0.15) is 32.3 Å². The smallest absolute Gasteiger partial charge is 0.225 e. The average Bonchev–Trinajstić information content (AvgIpc) is 2.38. The Morgan fingerprint density at radius 1 is 1.40 bits per heavy atom. The fourth-order valence-electron chi connectivity index (χ4n) is 2.12. The van der Waals surface area contributed by atoms with E-state index in [9.17, 15) is 9.59 Å². The number of carbonyl (C=O) groups is 2. The first kappa shape index (κ1) is 14.5. The van der Waals surface area contributed by atoms with Crippen molar-refractivity contribution in [3.8, 4) is 0 Å². The van der Waals surface area contributed by atoms with Crippen LogP contribution in [-0.4, -0.2) is 17.9 Å². The number of hydrogen-bond acceptors (Lipinski definition) is 3. The highest BCUT2D eigenvalue weighted by Gasteiger charge is 2.16. The Kier molecular flexibility index (Phi) is 4.39. The normalized spacial score (nSPS) is 15.5. The van der Waals surface area contributed by atoms with Crippen LogP contribution < -0.4 is 16.4 Å². The molecule has 0 radical (unpaired) electrons. The molecule has 1 aliphatic heterocycles. The molecule has 0 aliphatic carbocycles. The van der Waals surface area contributed by atoms with Crippen LogP contribution in [0.4, 0.5) is 11.4 Å². The van der Waals surface area contributed by atoms with Crippen molar-refractivity contribution in [1.29, 1.82) is 0 Å². The van der Waals surface area contributed by atoms with Gasteiger partial charge in [-0.15, -0.1) is 0 Å². The van der Waals surface area contributed by atoms with E-state index in [0.29, 0.717) is 19.3 Å². The van der Waals surface area contributed by atoms with Crippen molar-refractivity contribution in [2.45, 2.75) is 39.2 Å². The molecule has 0 saturated carbocycles. The summed E-state index contributed by atoms with van der Waals surface area (Å²) in [5.74, 6) is 0.239. The number of hydrogen-bond donors (Lipinski definition) is 3. The molecule has 1 atom stereocenters. The van der Waals surface area contributed by atoms with Gasteiger partial charge in [-0.05, 0) is 36.1 Å². The highest BCUT2D eigenvalue weighted by atomic mass is 16.2. The fraction of sp³-hybridized carbons (Fsp3) is 0.467. The zero-order valence-electron chi connectivity index (χ0n) is 11.9. The number of nitrogens with one attached hydrogen (secondary N) is 2. The second kappa shape index (κ2) is 6.05. The van der Waals surface area contributed by atoms with Crippen LogP contribution in [0.2, 0.25) is 0 Å². The molecular formula is C15H21N3O2. The molecule has 0 bridgehead atoms. The van der Waals surface area contributed by atoms with Crippen molar-refractivity contribution in [3.63, 3.8) is 0 Å². The van der Waals surface area contributed by atoms with E-state index in [4.69, 9.17) is 5.73 Å². The number of aryl methyl sites for hydroxylation is 1. The zero-order chi connectivity index (χ0) is 14.7. The van der Waals surface area contributed by atoms with Gasteiger partial charge in [0.15, 0.2) is 0 Å². The highest BCUT2D eigenvalue weighted by molar-refractivity contribution is 5.95. The number of fused-ring (bicyclic) bond motifs is 1. The molecule has 1 unspecified atom stereocenters. The topological polar surface area (TPSA) is 84.2 Å². The van der Waals surface area contributed by atoms with Crippen molar-refractivity contribution < 1.29 is 9.59 Å². The van der Waals surface area contributed by atoms with Gasteiger partial charge in [0.25, 0.3) is 0 Å². The van der Waals surface area contributed by atoms with E-state index in [0.717, 1.165) is 16.9 Å². The Labute approximate surface area is 118 Å². The van der Waals surface area contributed by atoms with Crippen LogP contribution in [0, 0.1) is 5.92 Å². The average molecular weight is 275 g/mol. The SMILES string of the molecule is CC(C)C(N)CC(=O)Nc1ccc2c(c1)CCC(=O)N2. The lowest BCUT2D eigenvalue weighted by atomic mass is 10.0. The minimum atomic E-state index is -0.132. The van der Waals surface area contributed by atoms with Gasteiger partial charge in [-0.25, -0.2) is 0 Å². The summed E-state index contributed by atoms with van der Waals surface area (Å²) in [6.07, 6.45) is 1.50. The molecule has 20 heavy (non-hydrogen) atoms. The van der Waals surface area contributed by atoms with Crippen LogP contribution >= 0.6 is 0 Å². The van der Waals surface area contributed by atoms with E-state index < -0.39 is 0 Å². The van der Waals surface area contributed by atoms with E-state index in [-0.39, 0.29) is 23.8 Å². The molecule has 5 heteroatoms. The van der Waals surface area contributed by atoms with Gasteiger partial charge in [-0.3, -0.25) is 9.59 Å². The molecule has 0 saturated heterocycles. The van der Waals surface area contributed by atoms with Crippen LogP contribution in [0.25, 0.3) is 0 Å². The summed E-state index contributed by atoms with van der Waals surface area (Å²) in [5.41, 5.74) is 8.52. The maximum Gasteiger partial charge on any atom is 0.225 e. The van der Waals surface area contributed by atoms with Gasteiger partial charge in [-0.2, -0.15) is 0 Å². The minimum Gasteiger partial charge on any atom is -0.327 e. The van der Waals surface area contributed by atoms with Gasteiger partial charge in [0.2, 0.25) is 11.8 Å². The lowest BCUT2D eigenvalue weighted by Crippen LogP contribution is -2.31. The maximum absolute atomic E-state index is 11.9. The summed E-state index contributed by atoms with van der Waals surface area (Å²) in [4.78, 5) is 23.2. The summed E-state index contributed by atoms with van der Waals surface area (Å²) in [5, 5.41) is 5.67. The lowest BCUT2D eigenvalue weighted by molar-refractivity contribution is -0.117. The summed E-state index contributed by atoms with van der Waals surface area (Å²) in [7, 11) is 0. The molecule has 1 aliphatic rings. The number of nitrogens with two attached hydrogens (primary N) is 1. The Morgan fingerprint density at radius 2 is 2.15 bits per heavy atom. The number of anilines is 2. The zero-order valence-corrected chi connectivity index (χ0v) is 11.9. The Hall–Kier alpha value is -1.88. The second-order valence-corrected chi connectivity index (χ2v) is 5.58. The molecule has 1 heterocycles. The number of amides is 2. The number of rotatable bonds is 4. The molecule has 0 fully saturated rings. The summed E-state index contributed by atoms with van der Waals surface area (Å²) in [6.45, 7) is 4.00. The van der Waals surface area contributed by atoms with E-state index in [1.165, 1.54) is 0 Å². The van der Waals surface area contributed by atoms with Crippen molar-refractivity contribution >= 4 is 23.2 Å². The van der Waals surface area contributed by atoms with Crippen LogP contribution in [0.15, 0.2) is 18.2 Å². The van der Waals surface area contributed by atoms with Crippen LogP contribution in [-0.2, 0) is 16.0 Å². The number of benzene rings is 1. The van der Waals surface area contributed by atoms with Crippen LogP contribution in [0.3, 0.4) is 0 Å². The lowest BCUT2D eigenvalue weighted by Gasteiger charge is -2.18. The van der Waals surface area contributed by atoms with E-state index in [1.807, 2.05) is 26.0 Å². The molecule has 0 spiro atoms. The molecule has 5 nitrogen and oxygen atoms in total. The van der Waals surface area contributed by atoms with Gasteiger partial charge in [0.1, 0.15) is 0 Å². The minimum absolute atomic E-state index is 0.0391. The molecule has 1 aromatic carbocycles. The summed E-state index contributed by atoms with van der Waals surface area (Å²) in [6, 6.07) is 5.40. The first-order chi connectivity index (χ1) is 9.45. The van der Waals surface area contributed by atoms with Crippen LogP contribution in [0.5, 0.6) is 0 Å². The van der Waals surface area contributed by atoms with Crippen molar-refractivity contribution in [2.24, 2.45) is 11.7 Å². The quantitative estimate of drug-likeness (QED) is 0.784. The van der Waals surface area contributed by atoms with Gasteiger partial charge < -0.3 is 16.4 Å². The maximum atomic E-state index is 11.9. The Morgan fingerprint density at radius 3 is 2.85 bits per heavy atom. The predicted molar refractivity (Wildman–Crippen MR) is 79.5 cm³/mol. The first-order valence-corrected chi connectivity index (χ1v) is 6.94. The van der Waals surface area contributed by atoms with E-state index >= 15 is 0 Å². The van der Waals surface area contributed by atoms with Gasteiger partial charge in [-0.1, -0.05) is 13.8 Å². The van der Waals surface area contributed by atoms with E-state index in [1.54, 1.807) is 6.07 Å². The van der Waals surface area contributed by atoms with Gasteiger partial charge in [0.05, 0.1) is 0 Å². The van der Waals surface area contributed by atoms with E-state index in [2.05, 4.69) is 10.6 Å². The third-order valence-electron chi connectivity index (χ3n) is 3.56. The summed E-state index contributed by atoms with van der Waals surface area (Å²) < 4.78 is 0. The molecule has 4 N–H and O–H groups in total. The predicted octanol–water partition coefficient (Wildman–Crippen LogP) is 1.88. The number of carbonyl (C=O) groups excluding carboxylic acids is 2. The third-order valence-corrected chi connectivity index (χ3v) is 3.56. The Bertz CT molecular complexity index is 526. The first-order valence-electron chi connectivity index (χ1n) is 6.94. The molecule has 108 valence electrons. The summed E-state index contributed by atoms with van der Waals surface area (Å²) >= 11 is 0. The molecular weight excluding hydrogens is 254 g/mol. The van der Waals surface area contributed by atoms with Crippen molar-refractivity contribution in [3.05, 3.63) is 23.8 Å². The largest absolute Gasteiger partial charge is 0.327 e. The Balaban J connectivity index is 2.00. The van der Waals surface area contributed by atoms with Gasteiger partial charge >= 0.3 is 0 Å². The molecule has 0 aromatic heterocycles. The van der Waals surface area contributed by atoms with Crippen molar-refractivity contribution in [2.75, 3.05) is 10.6 Å². The molecule has 1 aromatic rings. The standard InChI is InChI=1S/C15H21N3O2/c1-9(2)12(16)8-15(20)17-11-4-5-13-10(7-11)3-6-14(19)18-13/h4-5,7,9,12H,3,6,8,16H2,1-2H3,(H,17,20)(H,18,19).